The number of fused-ring (bicyclic) bond motifs is 12. The minimum Gasteiger partial charge on any atom is -0.310 e. The first kappa shape index (κ1) is 60.3. The van der Waals surface area contributed by atoms with E-state index in [2.05, 4.69) is 407 Å². The number of benzene rings is 16. The lowest BCUT2D eigenvalue weighted by Gasteiger charge is -2.26. The van der Waals surface area contributed by atoms with Crippen molar-refractivity contribution in [1.82, 2.24) is 9.13 Å². The SMILES string of the molecule is c1ccc(-c2ccc(N(c3ccc(-c4ccc(-n5c6ccccc6c6ccccc65)cc4)cc3)c3ccc4sc5ccccc5c4c3)cc2)cc1.c1ccc(-c2cccc(N(c3ccc(-c4ccc(-n5c6ccccc6c6ccccc65)cc4)cc3)c3ccc4c(c3)sc3ccccc34)c2)cc1. The van der Waals surface area contributed by atoms with E-state index >= 15 is 0 Å². The van der Waals surface area contributed by atoms with Gasteiger partial charge in [-0.3, -0.25) is 0 Å². The molecule has 0 aliphatic heterocycles. The minimum absolute atomic E-state index is 1.12. The van der Waals surface area contributed by atoms with Crippen LogP contribution in [0.4, 0.5) is 34.1 Å². The van der Waals surface area contributed by atoms with E-state index in [1.165, 1.54) is 128 Å². The van der Waals surface area contributed by atoms with E-state index in [9.17, 15) is 0 Å². The molecule has 4 nitrogen and oxygen atoms in total. The molecule has 0 unspecified atom stereocenters. The van der Waals surface area contributed by atoms with Crippen molar-refractivity contribution in [1.29, 1.82) is 0 Å². The molecule has 0 radical (unpaired) electrons. The molecule has 0 bridgehead atoms. The Bertz CT molecular complexity index is 6360. The normalized spacial score (nSPS) is 11.5. The maximum Gasteiger partial charge on any atom is 0.0541 e. The summed E-state index contributed by atoms with van der Waals surface area (Å²) in [4.78, 5) is 4.75. The second-order valence-electron chi connectivity index (χ2n) is 26.0. The monoisotopic (exact) mass is 1340 g/mol. The average Bonchev–Trinajstić information content (AvgIpc) is 1.61. The fourth-order valence-corrected chi connectivity index (χ4v) is 17.3. The van der Waals surface area contributed by atoms with Crippen LogP contribution in [-0.2, 0) is 0 Å². The summed E-state index contributed by atoms with van der Waals surface area (Å²) in [5.74, 6) is 0. The molecule has 4 aromatic heterocycles. The largest absolute Gasteiger partial charge is 0.310 e. The first-order valence-electron chi connectivity index (χ1n) is 34.7. The van der Waals surface area contributed by atoms with Gasteiger partial charge in [-0.1, -0.05) is 249 Å². The van der Waals surface area contributed by atoms with Crippen LogP contribution < -0.4 is 9.80 Å². The Morgan fingerprint density at radius 2 is 0.461 bits per heavy atom. The molecular weight excluding hydrogens is 1270 g/mol. The lowest BCUT2D eigenvalue weighted by molar-refractivity contribution is 1.18. The van der Waals surface area contributed by atoms with Crippen LogP contribution in [0.1, 0.15) is 0 Å². The van der Waals surface area contributed by atoms with Gasteiger partial charge in [0, 0.05) is 107 Å². The summed E-state index contributed by atoms with van der Waals surface area (Å²) in [6.45, 7) is 0. The van der Waals surface area contributed by atoms with Gasteiger partial charge in [0.25, 0.3) is 0 Å². The fraction of sp³-hybridized carbons (Fsp3) is 0. The van der Waals surface area contributed by atoms with Crippen LogP contribution in [0.15, 0.2) is 388 Å². The number of para-hydroxylation sites is 4. The molecule has 102 heavy (non-hydrogen) atoms. The smallest absolute Gasteiger partial charge is 0.0541 e. The third-order valence-electron chi connectivity index (χ3n) is 20.0. The van der Waals surface area contributed by atoms with E-state index in [1.54, 1.807) is 0 Å². The van der Waals surface area contributed by atoms with Crippen molar-refractivity contribution in [3.63, 3.8) is 0 Å². The number of hydrogen-bond acceptors (Lipinski definition) is 4. The number of hydrogen-bond donors (Lipinski definition) is 0. The van der Waals surface area contributed by atoms with Crippen molar-refractivity contribution < 1.29 is 0 Å². The molecule has 16 aromatic carbocycles. The van der Waals surface area contributed by atoms with Crippen molar-refractivity contribution in [2.45, 2.75) is 0 Å². The van der Waals surface area contributed by atoms with Gasteiger partial charge in [-0.15, -0.1) is 22.7 Å². The first-order chi connectivity index (χ1) is 50.6. The Labute approximate surface area is 599 Å². The molecule has 0 N–H and O–H groups in total. The van der Waals surface area contributed by atoms with Gasteiger partial charge in [0.2, 0.25) is 0 Å². The Kier molecular flexibility index (Phi) is 15.3. The number of aromatic nitrogens is 2. The van der Waals surface area contributed by atoms with E-state index in [4.69, 9.17) is 0 Å². The van der Waals surface area contributed by atoms with Gasteiger partial charge in [-0.2, -0.15) is 0 Å². The molecule has 0 aliphatic carbocycles. The molecule has 20 rings (SSSR count). The van der Waals surface area contributed by atoms with Gasteiger partial charge < -0.3 is 18.9 Å². The third kappa shape index (κ3) is 10.9. The van der Waals surface area contributed by atoms with Crippen molar-refractivity contribution in [2.75, 3.05) is 9.80 Å². The van der Waals surface area contributed by atoms with E-state index in [0.29, 0.717) is 0 Å². The quantitative estimate of drug-likeness (QED) is 0.121. The van der Waals surface area contributed by atoms with Crippen LogP contribution in [0.2, 0.25) is 0 Å². The second kappa shape index (κ2) is 25.8. The summed E-state index contributed by atoms with van der Waals surface area (Å²) in [5.41, 5.74) is 23.6. The zero-order valence-electron chi connectivity index (χ0n) is 55.6. The molecule has 0 aliphatic rings. The molecule has 0 atom stereocenters. The number of rotatable bonds is 12. The minimum atomic E-state index is 1.12. The zero-order valence-corrected chi connectivity index (χ0v) is 57.2. The lowest BCUT2D eigenvalue weighted by atomic mass is 10.0. The molecular formula is C96H64N4S2. The van der Waals surface area contributed by atoms with Gasteiger partial charge in [-0.25, -0.2) is 0 Å². The average molecular weight is 1340 g/mol. The molecule has 4 heterocycles. The third-order valence-corrected chi connectivity index (χ3v) is 22.3. The maximum atomic E-state index is 2.38. The van der Waals surface area contributed by atoms with Gasteiger partial charge in [0.15, 0.2) is 0 Å². The molecule has 20 aromatic rings. The molecule has 0 saturated heterocycles. The highest BCUT2D eigenvalue weighted by Gasteiger charge is 2.20. The number of nitrogens with zero attached hydrogens (tertiary/aromatic N) is 4. The summed E-state index contributed by atoms with van der Waals surface area (Å²) < 4.78 is 9.96. The van der Waals surface area contributed by atoms with Crippen molar-refractivity contribution in [3.8, 4) is 55.9 Å². The Balaban J connectivity index is 0.000000141. The summed E-state index contributed by atoms with van der Waals surface area (Å²) in [6.07, 6.45) is 0. The standard InChI is InChI=1S/2C48H32N2S/c1-2-11-33(12-3-1)36-13-10-14-39(31-36)49(40-29-30-44-43-17-6-9-20-47(43)51-48(44)32-40)37-25-21-34(22-26-37)35-23-27-38(28-24-35)50-45-18-7-4-15-41(45)42-16-5-8-19-46(42)50;1-2-10-33(11-3-1)34-18-24-37(25-19-34)49(40-30-31-48-44(32-40)43-14-6-9-17-47(43)51-48)38-26-20-35(21-27-38)36-22-28-39(29-23-36)50-45-15-7-4-12-41(45)42-13-5-8-16-46(42)50/h2*1-32H. The van der Waals surface area contributed by atoms with E-state index < -0.39 is 0 Å². The van der Waals surface area contributed by atoms with Gasteiger partial charge in [0.05, 0.1) is 22.1 Å². The second-order valence-corrected chi connectivity index (χ2v) is 28.2. The Morgan fingerprint density at radius 1 is 0.167 bits per heavy atom. The van der Waals surface area contributed by atoms with Crippen LogP contribution in [0, 0.1) is 0 Å². The topological polar surface area (TPSA) is 16.3 Å². The molecule has 0 fully saturated rings. The number of thiophene rings is 2. The van der Waals surface area contributed by atoms with E-state index in [0.717, 1.165) is 45.5 Å². The molecule has 0 saturated carbocycles. The van der Waals surface area contributed by atoms with Crippen molar-refractivity contribution >= 4 is 141 Å². The predicted molar refractivity (Wildman–Crippen MR) is 438 cm³/mol. The highest BCUT2D eigenvalue weighted by molar-refractivity contribution is 7.26. The predicted octanol–water partition coefficient (Wildman–Crippen LogP) is 27.9. The summed E-state index contributed by atoms with van der Waals surface area (Å²) >= 11 is 3.71. The molecule has 0 amide bonds. The van der Waals surface area contributed by atoms with Crippen LogP contribution >= 0.6 is 22.7 Å². The van der Waals surface area contributed by atoms with Gasteiger partial charge in [0.1, 0.15) is 0 Å². The van der Waals surface area contributed by atoms with Crippen LogP contribution in [0.3, 0.4) is 0 Å². The Hall–Kier alpha value is -12.8. The van der Waals surface area contributed by atoms with Crippen LogP contribution in [0.25, 0.3) is 140 Å². The molecule has 0 spiro atoms. The maximum absolute atomic E-state index is 2.38. The summed E-state index contributed by atoms with van der Waals surface area (Å²) in [5, 5.41) is 10.3. The van der Waals surface area contributed by atoms with Crippen LogP contribution in [0.5, 0.6) is 0 Å². The molecule has 480 valence electrons. The summed E-state index contributed by atoms with van der Waals surface area (Å²) in [7, 11) is 0. The van der Waals surface area contributed by atoms with Gasteiger partial charge in [-0.05, 0) is 184 Å². The number of anilines is 6. The van der Waals surface area contributed by atoms with Crippen LogP contribution in [-0.4, -0.2) is 9.13 Å². The highest BCUT2D eigenvalue weighted by atomic mass is 32.1. The summed E-state index contributed by atoms with van der Waals surface area (Å²) in [6, 6.07) is 141. The van der Waals surface area contributed by atoms with Gasteiger partial charge >= 0.3 is 0 Å². The first-order valence-corrected chi connectivity index (χ1v) is 36.3. The Morgan fingerprint density at radius 3 is 0.922 bits per heavy atom. The highest BCUT2D eigenvalue weighted by Crippen LogP contribution is 2.45. The lowest BCUT2D eigenvalue weighted by Crippen LogP contribution is -2.09. The van der Waals surface area contributed by atoms with Crippen molar-refractivity contribution in [3.05, 3.63) is 388 Å². The fourth-order valence-electron chi connectivity index (χ4n) is 15.1. The molecule has 6 heteroatoms. The van der Waals surface area contributed by atoms with Crippen molar-refractivity contribution in [2.24, 2.45) is 0 Å². The van der Waals surface area contributed by atoms with E-state index in [-0.39, 0.29) is 0 Å². The zero-order chi connectivity index (χ0) is 67.5. The van der Waals surface area contributed by atoms with E-state index in [1.807, 2.05) is 22.7 Å².